The molecule has 0 spiro atoms. The van der Waals surface area contributed by atoms with E-state index in [9.17, 15) is 4.79 Å². The Kier molecular flexibility index (Phi) is 2.82. The van der Waals surface area contributed by atoms with Gasteiger partial charge in [0.2, 0.25) is 0 Å². The van der Waals surface area contributed by atoms with E-state index in [1.807, 2.05) is 0 Å². The van der Waals surface area contributed by atoms with Crippen LogP contribution in [0.25, 0.3) is 0 Å². The first-order valence-corrected chi connectivity index (χ1v) is 2.25. The summed E-state index contributed by atoms with van der Waals surface area (Å²) in [6.07, 6.45) is -0.414. The van der Waals surface area contributed by atoms with Gasteiger partial charge in [0, 0.05) is 0 Å². The van der Waals surface area contributed by atoms with Crippen LogP contribution in [0.5, 0.6) is 0 Å². The molecule has 0 heterocycles. The number of nitrogens with zero attached hydrogens (tertiary/aromatic N) is 1. The Balaban J connectivity index is 3.74. The Labute approximate surface area is 47.5 Å². The minimum Gasteiger partial charge on any atom is -0.392 e. The van der Waals surface area contributed by atoms with Crippen LogP contribution in [0.1, 0.15) is 6.92 Å². The predicted octanol–water partition coefficient (Wildman–Crippen LogP) is -0.294. The van der Waals surface area contributed by atoms with Crippen molar-refractivity contribution >= 4 is 6.29 Å². The molecule has 0 saturated carbocycles. The second kappa shape index (κ2) is 3.16. The van der Waals surface area contributed by atoms with E-state index in [-0.39, 0.29) is 0 Å². The van der Waals surface area contributed by atoms with Crippen molar-refractivity contribution in [1.29, 1.82) is 5.26 Å². The highest BCUT2D eigenvalue weighted by Crippen LogP contribution is 1.95. The molecule has 0 bridgehead atoms. The van der Waals surface area contributed by atoms with E-state index in [4.69, 9.17) is 10.4 Å². The van der Waals surface area contributed by atoms with Gasteiger partial charge in [0.15, 0.2) is 0 Å². The van der Waals surface area contributed by atoms with Gasteiger partial charge in [0.25, 0.3) is 0 Å². The van der Waals surface area contributed by atoms with E-state index < -0.39 is 12.0 Å². The molecular weight excluding hydrogens is 106 g/mol. The Hall–Kier alpha value is -0.880. The van der Waals surface area contributed by atoms with Gasteiger partial charge < -0.3 is 9.90 Å². The first-order valence-electron chi connectivity index (χ1n) is 2.25. The Morgan fingerprint density at radius 2 is 2.38 bits per heavy atom. The fourth-order valence-electron chi connectivity index (χ4n) is 0.252. The zero-order valence-electron chi connectivity index (χ0n) is 4.53. The molecule has 0 aliphatic heterocycles. The van der Waals surface area contributed by atoms with Crippen molar-refractivity contribution in [2.24, 2.45) is 5.92 Å². The van der Waals surface area contributed by atoms with E-state index in [0.29, 0.717) is 6.29 Å². The molecule has 0 aromatic heterocycles. The molecule has 8 heavy (non-hydrogen) atoms. The average Bonchev–Trinajstić information content (AvgIpc) is 1.69. The van der Waals surface area contributed by atoms with Gasteiger partial charge in [-0.2, -0.15) is 5.26 Å². The van der Waals surface area contributed by atoms with Gasteiger partial charge >= 0.3 is 0 Å². The molecule has 0 aliphatic carbocycles. The first-order chi connectivity index (χ1) is 3.72. The SMILES string of the molecule is C[C@H](O)C(C#N)C=O. The van der Waals surface area contributed by atoms with Crippen molar-refractivity contribution in [2.75, 3.05) is 0 Å². The van der Waals surface area contributed by atoms with Crippen LogP contribution in [0.15, 0.2) is 0 Å². The number of aliphatic hydroxyl groups is 1. The van der Waals surface area contributed by atoms with Gasteiger partial charge in [-0.1, -0.05) is 0 Å². The number of aldehydes is 1. The summed E-state index contributed by atoms with van der Waals surface area (Å²) in [6.45, 7) is 1.41. The molecular formula is C5H7NO2. The highest BCUT2D eigenvalue weighted by Gasteiger charge is 2.10. The lowest BCUT2D eigenvalue weighted by Crippen LogP contribution is -2.15. The number of carbonyl (C=O) groups excluding carboxylic acids is 1. The highest BCUT2D eigenvalue weighted by molar-refractivity contribution is 5.58. The molecule has 1 unspecified atom stereocenters. The maximum Gasteiger partial charge on any atom is 0.139 e. The van der Waals surface area contributed by atoms with Gasteiger partial charge in [0.1, 0.15) is 12.2 Å². The summed E-state index contributed by atoms with van der Waals surface area (Å²) < 4.78 is 0. The fourth-order valence-corrected chi connectivity index (χ4v) is 0.252. The van der Waals surface area contributed by atoms with Crippen molar-refractivity contribution in [3.8, 4) is 6.07 Å². The molecule has 0 amide bonds. The van der Waals surface area contributed by atoms with Crippen molar-refractivity contribution in [3.63, 3.8) is 0 Å². The van der Waals surface area contributed by atoms with Crippen LogP contribution in [0.3, 0.4) is 0 Å². The smallest absolute Gasteiger partial charge is 0.139 e. The Morgan fingerprint density at radius 1 is 1.88 bits per heavy atom. The van der Waals surface area contributed by atoms with Crippen LogP contribution >= 0.6 is 0 Å². The highest BCUT2D eigenvalue weighted by atomic mass is 16.3. The second-order valence-electron chi connectivity index (χ2n) is 1.53. The van der Waals surface area contributed by atoms with Crippen LogP contribution in [0.4, 0.5) is 0 Å². The van der Waals surface area contributed by atoms with Crippen LogP contribution < -0.4 is 0 Å². The molecule has 0 rings (SSSR count). The topological polar surface area (TPSA) is 61.1 Å². The molecule has 2 atom stereocenters. The fraction of sp³-hybridized carbons (Fsp3) is 0.600. The van der Waals surface area contributed by atoms with Crippen LogP contribution in [-0.4, -0.2) is 17.5 Å². The number of rotatable bonds is 2. The minimum absolute atomic E-state index is 0.435. The van der Waals surface area contributed by atoms with E-state index in [2.05, 4.69) is 0 Å². The van der Waals surface area contributed by atoms with E-state index >= 15 is 0 Å². The third-order valence-corrected chi connectivity index (χ3v) is 0.815. The van der Waals surface area contributed by atoms with Gasteiger partial charge in [0.05, 0.1) is 12.2 Å². The number of aliphatic hydroxyl groups excluding tert-OH is 1. The van der Waals surface area contributed by atoms with Gasteiger partial charge in [-0.05, 0) is 6.92 Å². The predicted molar refractivity (Wildman–Crippen MR) is 26.8 cm³/mol. The van der Waals surface area contributed by atoms with Gasteiger partial charge in [-0.3, -0.25) is 0 Å². The summed E-state index contributed by atoms with van der Waals surface area (Å²) >= 11 is 0. The van der Waals surface area contributed by atoms with E-state index in [0.717, 1.165) is 0 Å². The Morgan fingerprint density at radius 3 is 2.38 bits per heavy atom. The lowest BCUT2D eigenvalue weighted by molar-refractivity contribution is -0.111. The van der Waals surface area contributed by atoms with Crippen LogP contribution in [0.2, 0.25) is 0 Å². The summed E-state index contributed by atoms with van der Waals surface area (Å²) in [5.41, 5.74) is 0. The molecule has 0 saturated heterocycles. The van der Waals surface area contributed by atoms with Crippen molar-refractivity contribution in [3.05, 3.63) is 0 Å². The van der Waals surface area contributed by atoms with Gasteiger partial charge in [-0.25, -0.2) is 0 Å². The van der Waals surface area contributed by atoms with Crippen molar-refractivity contribution in [2.45, 2.75) is 13.0 Å². The monoisotopic (exact) mass is 113 g/mol. The summed E-state index contributed by atoms with van der Waals surface area (Å²) in [5.74, 6) is -0.866. The molecule has 0 aliphatic rings. The number of nitriles is 1. The number of carbonyl (C=O) groups is 1. The third-order valence-electron chi connectivity index (χ3n) is 0.815. The zero-order chi connectivity index (χ0) is 6.57. The average molecular weight is 113 g/mol. The minimum atomic E-state index is -0.866. The quantitative estimate of drug-likeness (QED) is 0.500. The Bertz CT molecular complexity index is 114. The summed E-state index contributed by atoms with van der Waals surface area (Å²) in [7, 11) is 0. The largest absolute Gasteiger partial charge is 0.392 e. The second-order valence-corrected chi connectivity index (χ2v) is 1.53. The molecule has 3 heteroatoms. The van der Waals surface area contributed by atoms with E-state index in [1.165, 1.54) is 6.92 Å². The van der Waals surface area contributed by atoms with Crippen LogP contribution in [0, 0.1) is 17.2 Å². The maximum absolute atomic E-state index is 9.80. The first kappa shape index (κ1) is 7.12. The molecule has 44 valence electrons. The van der Waals surface area contributed by atoms with E-state index in [1.54, 1.807) is 6.07 Å². The lowest BCUT2D eigenvalue weighted by atomic mass is 10.1. The van der Waals surface area contributed by atoms with Crippen molar-refractivity contribution < 1.29 is 9.90 Å². The maximum atomic E-state index is 9.80. The number of hydrogen-bond acceptors (Lipinski definition) is 3. The molecule has 3 nitrogen and oxygen atoms in total. The molecule has 0 fully saturated rings. The normalized spacial score (nSPS) is 16.1. The lowest BCUT2D eigenvalue weighted by Gasteiger charge is -2.00. The van der Waals surface area contributed by atoms with Gasteiger partial charge in [-0.15, -0.1) is 0 Å². The van der Waals surface area contributed by atoms with Crippen molar-refractivity contribution in [1.82, 2.24) is 0 Å². The zero-order valence-corrected chi connectivity index (χ0v) is 4.53. The summed E-state index contributed by atoms with van der Waals surface area (Å²) in [4.78, 5) is 9.80. The molecule has 0 radical (unpaired) electrons. The third kappa shape index (κ3) is 1.71. The standard InChI is InChI=1S/C5H7NO2/c1-4(8)5(2-6)3-7/h3-5,8H,1H3/t4-,5?/m0/s1. The molecule has 0 aromatic carbocycles. The number of hydrogen-bond donors (Lipinski definition) is 1. The molecule has 1 N–H and O–H groups in total. The van der Waals surface area contributed by atoms with Crippen LogP contribution in [-0.2, 0) is 4.79 Å². The summed E-state index contributed by atoms with van der Waals surface area (Å²) in [5, 5.41) is 16.6. The molecule has 0 aromatic rings. The summed E-state index contributed by atoms with van der Waals surface area (Å²) in [6, 6.07) is 1.63.